The molecular weight excluding hydrogens is 539 g/mol. The second-order valence-electron chi connectivity index (χ2n) is 8.93. The Bertz CT molecular complexity index is 1690. The number of aryl methyl sites for hydroxylation is 1. The van der Waals surface area contributed by atoms with Gasteiger partial charge in [-0.3, -0.25) is 10.00 Å². The number of methoxy groups -OCH3 is 1. The summed E-state index contributed by atoms with van der Waals surface area (Å²) in [6.45, 7) is 0. The number of halogens is 2. The van der Waals surface area contributed by atoms with Crippen LogP contribution in [0.4, 0.5) is 14.9 Å². The van der Waals surface area contributed by atoms with E-state index in [-0.39, 0.29) is 24.1 Å². The molecule has 0 radical (unpaired) electrons. The van der Waals surface area contributed by atoms with Crippen LogP contribution < -0.4 is 10.0 Å². The van der Waals surface area contributed by atoms with Crippen LogP contribution in [-0.2, 0) is 11.2 Å². The van der Waals surface area contributed by atoms with E-state index in [2.05, 4.69) is 30.7 Å². The van der Waals surface area contributed by atoms with Crippen molar-refractivity contribution in [3.05, 3.63) is 94.7 Å². The Morgan fingerprint density at radius 1 is 1.20 bits per heavy atom. The number of hydrogen-bond donors (Lipinski definition) is 1. The van der Waals surface area contributed by atoms with E-state index >= 15 is 4.39 Å². The van der Waals surface area contributed by atoms with E-state index in [4.69, 9.17) is 11.6 Å². The summed E-state index contributed by atoms with van der Waals surface area (Å²) in [7, 11) is 1.30. The maximum Gasteiger partial charge on any atom is 0.411 e. The second-order valence-corrected chi connectivity index (χ2v) is 9.34. The van der Waals surface area contributed by atoms with Gasteiger partial charge in [0, 0.05) is 23.0 Å². The summed E-state index contributed by atoms with van der Waals surface area (Å²) in [6, 6.07) is 11.8. The summed E-state index contributed by atoms with van der Waals surface area (Å²) in [6.07, 6.45) is 7.02. The van der Waals surface area contributed by atoms with Crippen LogP contribution in [0.25, 0.3) is 27.9 Å². The Morgan fingerprint density at radius 3 is 2.73 bits per heavy atom. The Hall–Kier alpha value is -4.84. The van der Waals surface area contributed by atoms with Gasteiger partial charge in [0.2, 0.25) is 5.69 Å². The van der Waals surface area contributed by atoms with Gasteiger partial charge in [-0.05, 0) is 59.2 Å². The third-order valence-electron chi connectivity index (χ3n) is 6.68. The van der Waals surface area contributed by atoms with Crippen LogP contribution >= 0.6 is 11.6 Å². The molecule has 2 aromatic carbocycles. The van der Waals surface area contributed by atoms with Gasteiger partial charge in [0.25, 0.3) is 0 Å². The Balaban J connectivity index is 0.00000323. The SMILES string of the molecule is C.COC(=O)Nc1ccc(-c2cnn([C@@H]3CCc4cc(-c5c(-n6cnnn6)ccc(Cl)c5F)c[n+]([O-])c43)c2)cc1. The van der Waals surface area contributed by atoms with Crippen molar-refractivity contribution in [3.63, 3.8) is 0 Å². The van der Waals surface area contributed by atoms with E-state index in [9.17, 15) is 10.0 Å². The predicted molar refractivity (Wildman–Crippen MR) is 145 cm³/mol. The zero-order chi connectivity index (χ0) is 27.1. The Kier molecular flexibility index (Phi) is 7.18. The summed E-state index contributed by atoms with van der Waals surface area (Å²) in [5, 5.41) is 31.5. The Morgan fingerprint density at radius 2 is 2.00 bits per heavy atom. The molecule has 40 heavy (non-hydrogen) atoms. The molecule has 3 aromatic heterocycles. The Labute approximate surface area is 233 Å². The van der Waals surface area contributed by atoms with Gasteiger partial charge in [0.15, 0.2) is 12.0 Å². The normalized spacial score (nSPS) is 13.9. The minimum atomic E-state index is -0.663. The van der Waals surface area contributed by atoms with Gasteiger partial charge in [0.05, 0.1) is 35.1 Å². The maximum absolute atomic E-state index is 15.3. The first-order valence-electron chi connectivity index (χ1n) is 11.9. The molecule has 13 heteroatoms. The van der Waals surface area contributed by atoms with Crippen LogP contribution in [0.3, 0.4) is 0 Å². The summed E-state index contributed by atoms with van der Waals surface area (Å²) >= 11 is 6.09. The number of aromatic nitrogens is 7. The molecule has 6 rings (SSSR count). The van der Waals surface area contributed by atoms with Gasteiger partial charge >= 0.3 is 6.09 Å². The molecule has 1 amide bonds. The molecule has 3 heterocycles. The summed E-state index contributed by atoms with van der Waals surface area (Å²) in [4.78, 5) is 11.4. The molecule has 0 bridgehead atoms. The van der Waals surface area contributed by atoms with Gasteiger partial charge < -0.3 is 9.94 Å². The van der Waals surface area contributed by atoms with Crippen LogP contribution in [0.15, 0.2) is 67.4 Å². The summed E-state index contributed by atoms with van der Waals surface area (Å²) in [5.74, 6) is -0.663. The van der Waals surface area contributed by atoms with E-state index in [0.717, 1.165) is 21.4 Å². The van der Waals surface area contributed by atoms with E-state index < -0.39 is 11.9 Å². The fraction of sp³-hybridized carbons (Fsp3) is 0.185. The van der Waals surface area contributed by atoms with Crippen molar-refractivity contribution < 1.29 is 18.7 Å². The van der Waals surface area contributed by atoms with E-state index in [1.165, 1.54) is 30.4 Å². The summed E-state index contributed by atoms with van der Waals surface area (Å²) < 4.78 is 23.7. The standard InChI is InChI=1S/C26H20ClFN8O3.CH4/c1-39-26(37)31-19-5-2-15(3-6-19)18-11-30-34(12-18)22-8-4-16-10-17(13-36(38)25(16)22)23-21(35-14-29-32-33-35)9-7-20(27)24(23)28;/h2-3,5-7,9-14,22H,4,8H2,1H3,(H,31,37);1H4/t22-;/m1./s1. The molecule has 0 unspecified atom stereocenters. The molecule has 0 saturated carbocycles. The molecule has 204 valence electrons. The van der Waals surface area contributed by atoms with Gasteiger partial charge in [-0.2, -0.15) is 14.5 Å². The smallest absolute Gasteiger partial charge is 0.411 e. The monoisotopic (exact) mass is 562 g/mol. The molecule has 0 saturated heterocycles. The fourth-order valence-corrected chi connectivity index (χ4v) is 5.03. The van der Waals surface area contributed by atoms with E-state index in [0.29, 0.717) is 35.5 Å². The number of tetrazole rings is 1. The number of nitrogens with zero attached hydrogens (tertiary/aromatic N) is 7. The second kappa shape index (κ2) is 10.7. The minimum absolute atomic E-state index is 0. The first kappa shape index (κ1) is 26.8. The highest BCUT2D eigenvalue weighted by Crippen LogP contribution is 2.38. The number of fused-ring (bicyclic) bond motifs is 1. The lowest BCUT2D eigenvalue weighted by Crippen LogP contribution is -2.34. The van der Waals surface area contributed by atoms with Crippen molar-refractivity contribution in [1.29, 1.82) is 0 Å². The average Bonchev–Trinajstić information content (AvgIpc) is 3.71. The molecule has 5 aromatic rings. The zero-order valence-electron chi connectivity index (χ0n) is 20.5. The lowest BCUT2D eigenvalue weighted by Gasteiger charge is -2.15. The molecule has 1 aliphatic carbocycles. The van der Waals surface area contributed by atoms with Gasteiger partial charge in [-0.15, -0.1) is 5.10 Å². The highest BCUT2D eigenvalue weighted by molar-refractivity contribution is 6.31. The van der Waals surface area contributed by atoms with Crippen molar-refractivity contribution in [3.8, 4) is 27.9 Å². The van der Waals surface area contributed by atoms with Crippen LogP contribution in [0.1, 0.15) is 31.1 Å². The summed E-state index contributed by atoms with van der Waals surface area (Å²) in [5.41, 5.74) is 4.57. The van der Waals surface area contributed by atoms with Crippen LogP contribution in [0, 0.1) is 11.0 Å². The quantitative estimate of drug-likeness (QED) is 0.237. The third kappa shape index (κ3) is 4.73. The number of benzene rings is 2. The van der Waals surface area contributed by atoms with Gasteiger partial charge in [-0.25, -0.2) is 9.18 Å². The van der Waals surface area contributed by atoms with Crippen molar-refractivity contribution in [2.24, 2.45) is 0 Å². The van der Waals surface area contributed by atoms with Gasteiger partial charge in [0.1, 0.15) is 12.4 Å². The topological polar surface area (TPSA) is 127 Å². The maximum atomic E-state index is 15.3. The van der Waals surface area contributed by atoms with Crippen molar-refractivity contribution in [1.82, 2.24) is 30.0 Å². The third-order valence-corrected chi connectivity index (χ3v) is 6.98. The zero-order valence-corrected chi connectivity index (χ0v) is 21.2. The molecule has 11 nitrogen and oxygen atoms in total. The van der Waals surface area contributed by atoms with Crippen molar-refractivity contribution in [2.45, 2.75) is 26.3 Å². The molecule has 1 atom stereocenters. The van der Waals surface area contributed by atoms with Crippen LogP contribution in [-0.4, -0.2) is 43.2 Å². The highest BCUT2D eigenvalue weighted by Gasteiger charge is 2.34. The first-order chi connectivity index (χ1) is 18.9. The van der Waals surface area contributed by atoms with Crippen LogP contribution in [0.5, 0.6) is 0 Å². The number of carbonyl (C=O) groups is 1. The number of anilines is 1. The van der Waals surface area contributed by atoms with Crippen molar-refractivity contribution in [2.75, 3.05) is 12.4 Å². The lowest BCUT2D eigenvalue weighted by molar-refractivity contribution is -0.615. The molecule has 1 aliphatic rings. The lowest BCUT2D eigenvalue weighted by atomic mass is 10.0. The molecular formula is C27H24ClFN8O3. The number of pyridine rings is 1. The first-order valence-corrected chi connectivity index (χ1v) is 12.3. The van der Waals surface area contributed by atoms with Gasteiger partial charge in [-0.1, -0.05) is 31.2 Å². The van der Waals surface area contributed by atoms with E-state index in [1.54, 1.807) is 29.1 Å². The highest BCUT2D eigenvalue weighted by atomic mass is 35.5. The largest absolute Gasteiger partial charge is 0.618 e. The average molecular weight is 563 g/mol. The number of nitrogens with one attached hydrogen (secondary N) is 1. The number of rotatable bonds is 5. The number of carbonyl (C=O) groups excluding carboxylic acids is 1. The molecule has 0 fully saturated rings. The molecule has 0 spiro atoms. The number of amides is 1. The predicted octanol–water partition coefficient (Wildman–Crippen LogP) is 4.97. The van der Waals surface area contributed by atoms with E-state index in [1.807, 2.05) is 24.4 Å². The fourth-order valence-electron chi connectivity index (χ4n) is 4.87. The minimum Gasteiger partial charge on any atom is -0.618 e. The van der Waals surface area contributed by atoms with Crippen molar-refractivity contribution >= 4 is 23.4 Å². The van der Waals surface area contributed by atoms with Crippen LogP contribution in [0.2, 0.25) is 5.02 Å². The number of ether oxygens (including phenoxy) is 1. The number of hydrogen-bond acceptors (Lipinski definition) is 7. The molecule has 0 aliphatic heterocycles. The molecule has 1 N–H and O–H groups in total.